The molecule has 1 aromatic carbocycles. The number of carbonyl (C=O) groups is 1. The zero-order valence-electron chi connectivity index (χ0n) is 14.9. The molecule has 1 amide bonds. The van der Waals surface area contributed by atoms with Crippen LogP contribution in [-0.4, -0.2) is 35.3 Å². The molecule has 4 rings (SSSR count). The Morgan fingerprint density at radius 2 is 2.31 bits per heavy atom. The number of carbonyl (C=O) groups excluding carboxylic acids is 1. The molecule has 3 heterocycles. The summed E-state index contributed by atoms with van der Waals surface area (Å²) >= 11 is 1.52. The molecule has 0 N–H and O–H groups in total. The van der Waals surface area contributed by atoms with Crippen LogP contribution in [0.15, 0.2) is 28.8 Å². The molecule has 1 aliphatic heterocycles. The minimum Gasteiger partial charge on any atom is -0.376 e. The molecule has 1 unspecified atom stereocenters. The van der Waals surface area contributed by atoms with Gasteiger partial charge < -0.3 is 9.26 Å². The van der Waals surface area contributed by atoms with Gasteiger partial charge in [0.25, 0.3) is 5.91 Å². The standard InChI is InChI=1S/C19H21N3O3S/c1-3-13-6-4-8-16-17(13)20-19(26-16)22(11-14-7-5-9-24-14)18(23)15-10-12(2)21-25-15/h4,6,8,10,14H,3,5,7,9,11H2,1-2H3. The van der Waals surface area contributed by atoms with Gasteiger partial charge in [0.15, 0.2) is 5.13 Å². The number of hydrogen-bond donors (Lipinski definition) is 0. The SMILES string of the molecule is CCc1cccc2sc(N(CC3CCCO3)C(=O)c3cc(C)no3)nc12. The van der Waals surface area contributed by atoms with Crippen molar-refractivity contribution in [3.8, 4) is 0 Å². The summed E-state index contributed by atoms with van der Waals surface area (Å²) in [7, 11) is 0. The Labute approximate surface area is 155 Å². The molecule has 7 heteroatoms. The Bertz CT molecular complexity index is 927. The van der Waals surface area contributed by atoms with Crippen LogP contribution in [0.3, 0.4) is 0 Å². The van der Waals surface area contributed by atoms with Gasteiger partial charge in [0.1, 0.15) is 0 Å². The van der Waals surface area contributed by atoms with Gasteiger partial charge in [0, 0.05) is 12.7 Å². The first-order valence-electron chi connectivity index (χ1n) is 8.91. The summed E-state index contributed by atoms with van der Waals surface area (Å²) in [4.78, 5) is 19.5. The number of para-hydroxylation sites is 1. The topological polar surface area (TPSA) is 68.5 Å². The molecule has 0 radical (unpaired) electrons. The summed E-state index contributed by atoms with van der Waals surface area (Å²) in [5.74, 6) is 0.00803. The highest BCUT2D eigenvalue weighted by Crippen LogP contribution is 2.32. The van der Waals surface area contributed by atoms with Crippen molar-refractivity contribution in [2.75, 3.05) is 18.1 Å². The van der Waals surface area contributed by atoms with Gasteiger partial charge in [-0.2, -0.15) is 0 Å². The van der Waals surface area contributed by atoms with Crippen LogP contribution in [0.2, 0.25) is 0 Å². The molecule has 136 valence electrons. The van der Waals surface area contributed by atoms with Gasteiger partial charge in [-0.1, -0.05) is 35.5 Å². The quantitative estimate of drug-likeness (QED) is 0.678. The molecule has 1 atom stereocenters. The lowest BCUT2D eigenvalue weighted by Crippen LogP contribution is -2.37. The molecular formula is C19H21N3O3S. The van der Waals surface area contributed by atoms with E-state index in [0.717, 1.165) is 36.1 Å². The monoisotopic (exact) mass is 371 g/mol. The fourth-order valence-electron chi connectivity index (χ4n) is 3.23. The van der Waals surface area contributed by atoms with Crippen molar-refractivity contribution in [1.29, 1.82) is 0 Å². The highest BCUT2D eigenvalue weighted by atomic mass is 32.1. The molecule has 6 nitrogen and oxygen atoms in total. The number of thiazole rings is 1. The molecule has 0 spiro atoms. The number of nitrogens with zero attached hydrogens (tertiary/aromatic N) is 3. The van der Waals surface area contributed by atoms with Gasteiger partial charge in [0.2, 0.25) is 5.76 Å². The van der Waals surface area contributed by atoms with E-state index in [1.807, 2.05) is 12.1 Å². The molecule has 1 saturated heterocycles. The van der Waals surface area contributed by atoms with E-state index in [2.05, 4.69) is 18.1 Å². The lowest BCUT2D eigenvalue weighted by Gasteiger charge is -2.21. The fourth-order valence-corrected chi connectivity index (χ4v) is 4.25. The van der Waals surface area contributed by atoms with Crippen molar-refractivity contribution < 1.29 is 14.1 Å². The van der Waals surface area contributed by atoms with E-state index >= 15 is 0 Å². The van der Waals surface area contributed by atoms with Crippen LogP contribution in [0.25, 0.3) is 10.2 Å². The van der Waals surface area contributed by atoms with Crippen molar-refractivity contribution >= 4 is 32.6 Å². The minimum atomic E-state index is -0.224. The minimum absolute atomic E-state index is 0.0284. The Hall–Kier alpha value is -2.25. The first-order chi connectivity index (χ1) is 12.7. The second-order valence-corrected chi connectivity index (χ2v) is 7.51. The van der Waals surface area contributed by atoms with Crippen molar-refractivity contribution in [1.82, 2.24) is 10.1 Å². The average molecular weight is 371 g/mol. The smallest absolute Gasteiger partial charge is 0.298 e. The highest BCUT2D eigenvalue weighted by molar-refractivity contribution is 7.22. The largest absolute Gasteiger partial charge is 0.376 e. The molecule has 1 aliphatic rings. The maximum absolute atomic E-state index is 13.1. The third-order valence-corrected chi connectivity index (χ3v) is 5.64. The molecule has 0 bridgehead atoms. The molecule has 0 saturated carbocycles. The third-order valence-electron chi connectivity index (χ3n) is 4.60. The van der Waals surface area contributed by atoms with E-state index in [4.69, 9.17) is 14.2 Å². The number of rotatable bonds is 5. The first-order valence-corrected chi connectivity index (χ1v) is 9.72. The summed E-state index contributed by atoms with van der Waals surface area (Å²) in [6.45, 7) is 5.13. The summed E-state index contributed by atoms with van der Waals surface area (Å²) in [5.41, 5.74) is 2.84. The van der Waals surface area contributed by atoms with Crippen LogP contribution < -0.4 is 4.90 Å². The van der Waals surface area contributed by atoms with Gasteiger partial charge in [-0.3, -0.25) is 9.69 Å². The van der Waals surface area contributed by atoms with Crippen molar-refractivity contribution in [2.24, 2.45) is 0 Å². The number of amides is 1. The molecule has 1 fully saturated rings. The Kier molecular flexibility index (Phi) is 4.74. The van der Waals surface area contributed by atoms with Crippen LogP contribution in [0.5, 0.6) is 0 Å². The van der Waals surface area contributed by atoms with E-state index < -0.39 is 0 Å². The number of anilines is 1. The van der Waals surface area contributed by atoms with Crippen LogP contribution >= 0.6 is 11.3 Å². The summed E-state index contributed by atoms with van der Waals surface area (Å²) in [6, 6.07) is 7.83. The number of aromatic nitrogens is 2. The van der Waals surface area contributed by atoms with Crippen molar-refractivity contribution in [3.63, 3.8) is 0 Å². The molecule has 3 aromatic rings. The zero-order valence-corrected chi connectivity index (χ0v) is 15.7. The number of benzene rings is 1. The van der Waals surface area contributed by atoms with E-state index in [-0.39, 0.29) is 17.8 Å². The van der Waals surface area contributed by atoms with Gasteiger partial charge >= 0.3 is 0 Å². The zero-order chi connectivity index (χ0) is 18.1. The third kappa shape index (κ3) is 3.24. The van der Waals surface area contributed by atoms with E-state index in [1.165, 1.54) is 16.9 Å². The lowest BCUT2D eigenvalue weighted by molar-refractivity contribution is 0.0887. The summed E-state index contributed by atoms with van der Waals surface area (Å²) in [5, 5.41) is 4.52. The molecule has 2 aromatic heterocycles. The second kappa shape index (κ2) is 7.17. The average Bonchev–Trinajstić information content (AvgIpc) is 3.38. The number of fused-ring (bicyclic) bond motifs is 1. The van der Waals surface area contributed by atoms with Crippen LogP contribution in [0, 0.1) is 6.92 Å². The summed E-state index contributed by atoms with van der Waals surface area (Å²) in [6.07, 6.45) is 2.90. The highest BCUT2D eigenvalue weighted by Gasteiger charge is 2.29. The van der Waals surface area contributed by atoms with Crippen LogP contribution in [0.4, 0.5) is 5.13 Å². The second-order valence-electron chi connectivity index (χ2n) is 6.50. The predicted molar refractivity (Wildman–Crippen MR) is 101 cm³/mol. The van der Waals surface area contributed by atoms with Crippen LogP contribution in [-0.2, 0) is 11.2 Å². The molecular weight excluding hydrogens is 350 g/mol. The maximum atomic E-state index is 13.1. The molecule has 0 aliphatic carbocycles. The van der Waals surface area contributed by atoms with Gasteiger partial charge in [-0.05, 0) is 37.8 Å². The molecule has 26 heavy (non-hydrogen) atoms. The summed E-state index contributed by atoms with van der Waals surface area (Å²) < 4.78 is 12.0. The predicted octanol–water partition coefficient (Wildman–Crippen LogP) is 3.98. The van der Waals surface area contributed by atoms with Gasteiger partial charge in [0.05, 0.1) is 28.6 Å². The number of hydrogen-bond acceptors (Lipinski definition) is 6. The lowest BCUT2D eigenvalue weighted by atomic mass is 10.1. The number of aryl methyl sites for hydroxylation is 2. The van der Waals surface area contributed by atoms with Gasteiger partial charge in [-0.15, -0.1) is 0 Å². The Balaban J connectivity index is 1.73. The van der Waals surface area contributed by atoms with E-state index in [9.17, 15) is 4.79 Å². The van der Waals surface area contributed by atoms with Crippen molar-refractivity contribution in [2.45, 2.75) is 39.2 Å². The first kappa shape index (κ1) is 17.2. The number of ether oxygens (including phenoxy) is 1. The fraction of sp³-hybridized carbons (Fsp3) is 0.421. The van der Waals surface area contributed by atoms with Crippen LogP contribution in [0.1, 0.15) is 41.6 Å². The van der Waals surface area contributed by atoms with Crippen molar-refractivity contribution in [3.05, 3.63) is 41.3 Å². The van der Waals surface area contributed by atoms with Gasteiger partial charge in [-0.25, -0.2) is 4.98 Å². The maximum Gasteiger partial charge on any atom is 0.298 e. The van der Waals surface area contributed by atoms with E-state index in [0.29, 0.717) is 17.4 Å². The Morgan fingerprint density at radius 3 is 3.00 bits per heavy atom. The normalized spacial score (nSPS) is 17.1. The Morgan fingerprint density at radius 1 is 1.42 bits per heavy atom. The van der Waals surface area contributed by atoms with E-state index in [1.54, 1.807) is 17.9 Å².